The minimum Gasteiger partial charge on any atom is -0.449 e. The van der Waals surface area contributed by atoms with Crippen molar-refractivity contribution in [1.82, 2.24) is 10.3 Å². The van der Waals surface area contributed by atoms with Crippen LogP contribution in [0, 0.1) is 5.82 Å². The zero-order valence-electron chi connectivity index (χ0n) is 21.4. The molecule has 2 aliphatic rings. The molecule has 0 bridgehead atoms. The highest BCUT2D eigenvalue weighted by Gasteiger charge is 2.29. The van der Waals surface area contributed by atoms with E-state index >= 15 is 0 Å². The number of hydrogen-bond acceptors (Lipinski definition) is 4. The smallest absolute Gasteiger partial charge is 0.339 e. The molecule has 1 unspecified atom stereocenters. The van der Waals surface area contributed by atoms with Crippen molar-refractivity contribution in [2.75, 3.05) is 6.54 Å². The highest BCUT2D eigenvalue weighted by molar-refractivity contribution is 6.32. The van der Waals surface area contributed by atoms with Crippen LogP contribution >= 0.6 is 11.6 Å². The summed E-state index contributed by atoms with van der Waals surface area (Å²) in [6.45, 7) is 2.11. The lowest BCUT2D eigenvalue weighted by Crippen LogP contribution is -2.36. The van der Waals surface area contributed by atoms with E-state index in [-0.39, 0.29) is 5.91 Å². The molecule has 3 aromatic rings. The molecule has 1 heterocycles. The number of benzene rings is 2. The molecular formula is C31H30ClFN2O3. The van der Waals surface area contributed by atoms with Crippen LogP contribution < -0.4 is 5.32 Å². The van der Waals surface area contributed by atoms with Gasteiger partial charge in [0.1, 0.15) is 5.82 Å². The minimum atomic E-state index is -0.945. The summed E-state index contributed by atoms with van der Waals surface area (Å²) in [7, 11) is 0. The second-order valence-corrected chi connectivity index (χ2v) is 10.2. The fraction of sp³-hybridized carbons (Fsp3) is 0.323. The Morgan fingerprint density at radius 3 is 2.76 bits per heavy atom. The fourth-order valence-electron chi connectivity index (χ4n) is 5.23. The first-order valence-corrected chi connectivity index (χ1v) is 13.5. The van der Waals surface area contributed by atoms with Crippen molar-refractivity contribution < 1.29 is 18.7 Å². The molecule has 0 saturated carbocycles. The molecule has 0 radical (unpaired) electrons. The van der Waals surface area contributed by atoms with Gasteiger partial charge in [0, 0.05) is 17.5 Å². The van der Waals surface area contributed by atoms with E-state index in [0.717, 1.165) is 30.4 Å². The van der Waals surface area contributed by atoms with Gasteiger partial charge in [0.2, 0.25) is 0 Å². The van der Waals surface area contributed by atoms with Crippen molar-refractivity contribution in [2.45, 2.75) is 58.0 Å². The zero-order chi connectivity index (χ0) is 26.6. The summed E-state index contributed by atoms with van der Waals surface area (Å²) >= 11 is 6.26. The lowest BCUT2D eigenvalue weighted by molar-refractivity contribution is -0.129. The summed E-state index contributed by atoms with van der Waals surface area (Å²) in [4.78, 5) is 31.0. The number of amides is 1. The van der Waals surface area contributed by atoms with Crippen LogP contribution in [0.3, 0.4) is 0 Å². The third-order valence-corrected chi connectivity index (χ3v) is 7.58. The molecule has 0 aliphatic heterocycles. The Morgan fingerprint density at radius 1 is 1.13 bits per heavy atom. The number of fused-ring (bicyclic) bond motifs is 2. The summed E-state index contributed by atoms with van der Waals surface area (Å²) < 4.78 is 20.2. The molecule has 38 heavy (non-hydrogen) atoms. The molecule has 1 aromatic heterocycles. The molecule has 196 valence electrons. The lowest BCUT2D eigenvalue weighted by Gasteiger charge is -2.17. The number of rotatable bonds is 7. The van der Waals surface area contributed by atoms with Gasteiger partial charge >= 0.3 is 5.97 Å². The number of pyridine rings is 1. The van der Waals surface area contributed by atoms with Crippen molar-refractivity contribution in [3.63, 3.8) is 0 Å². The Bertz CT molecular complexity index is 1440. The van der Waals surface area contributed by atoms with E-state index in [1.165, 1.54) is 24.5 Å². The second-order valence-electron chi connectivity index (χ2n) is 9.83. The predicted octanol–water partition coefficient (Wildman–Crippen LogP) is 7.07. The van der Waals surface area contributed by atoms with Gasteiger partial charge in [0.15, 0.2) is 6.10 Å². The largest absolute Gasteiger partial charge is 0.449 e. The second kappa shape index (κ2) is 11.5. The molecule has 1 atom stereocenters. The van der Waals surface area contributed by atoms with Gasteiger partial charge in [0.25, 0.3) is 5.91 Å². The highest BCUT2D eigenvalue weighted by Crippen LogP contribution is 2.39. The van der Waals surface area contributed by atoms with Crippen molar-refractivity contribution >= 4 is 46.0 Å². The molecule has 7 heteroatoms. The van der Waals surface area contributed by atoms with E-state index in [2.05, 4.69) is 11.4 Å². The first kappa shape index (κ1) is 26.1. The lowest BCUT2D eigenvalue weighted by atomic mass is 9.97. The summed E-state index contributed by atoms with van der Waals surface area (Å²) in [5.74, 6) is -1.30. The monoisotopic (exact) mass is 532 g/mol. The average molecular weight is 533 g/mol. The Balaban J connectivity index is 1.39. The fourth-order valence-corrected chi connectivity index (χ4v) is 5.45. The standard InChI is InChI=1S/C31H30ClFN2O3/c1-19(30(36)34-17-16-20-8-3-2-4-9-20)38-31(37)28-22-10-5-6-13-27(22)35-29-21(14-15-23(28)29)18-24-25(32)11-7-12-26(24)33/h5-8,10-13,18-19H,2-4,9,14-17H2,1H3,(H,34,36). The van der Waals surface area contributed by atoms with Gasteiger partial charge in [-0.2, -0.15) is 0 Å². The van der Waals surface area contributed by atoms with Crippen LogP contribution in [0.15, 0.2) is 54.1 Å². The van der Waals surface area contributed by atoms with E-state index in [1.54, 1.807) is 25.1 Å². The first-order chi connectivity index (χ1) is 18.4. The van der Waals surface area contributed by atoms with Gasteiger partial charge in [-0.15, -0.1) is 0 Å². The van der Waals surface area contributed by atoms with Gasteiger partial charge in [-0.3, -0.25) is 4.79 Å². The zero-order valence-corrected chi connectivity index (χ0v) is 22.1. The van der Waals surface area contributed by atoms with Crippen LogP contribution in [0.4, 0.5) is 4.39 Å². The maximum absolute atomic E-state index is 14.5. The van der Waals surface area contributed by atoms with E-state index < -0.39 is 17.9 Å². The summed E-state index contributed by atoms with van der Waals surface area (Å²) in [5.41, 5.74) is 4.88. The van der Waals surface area contributed by atoms with Crippen molar-refractivity contribution in [3.8, 4) is 0 Å². The number of esters is 1. The maximum atomic E-state index is 14.5. The molecule has 5 nitrogen and oxygen atoms in total. The Kier molecular flexibility index (Phi) is 7.89. The van der Waals surface area contributed by atoms with Crippen LogP contribution in [-0.4, -0.2) is 29.5 Å². The average Bonchev–Trinajstić information content (AvgIpc) is 3.31. The number of ether oxygens (including phenoxy) is 1. The first-order valence-electron chi connectivity index (χ1n) is 13.2. The molecule has 0 spiro atoms. The molecule has 1 N–H and O–H groups in total. The number of nitrogens with one attached hydrogen (secondary N) is 1. The van der Waals surface area contributed by atoms with E-state index in [4.69, 9.17) is 21.3 Å². The Hall–Kier alpha value is -3.51. The van der Waals surface area contributed by atoms with Crippen LogP contribution in [-0.2, 0) is 16.0 Å². The third-order valence-electron chi connectivity index (χ3n) is 7.25. The van der Waals surface area contributed by atoms with E-state index in [1.807, 2.05) is 24.3 Å². The molecule has 2 aromatic carbocycles. The van der Waals surface area contributed by atoms with Gasteiger partial charge < -0.3 is 10.1 Å². The van der Waals surface area contributed by atoms with E-state index in [0.29, 0.717) is 52.1 Å². The number of carbonyl (C=O) groups excluding carboxylic acids is 2. The highest BCUT2D eigenvalue weighted by atomic mass is 35.5. The number of hydrogen-bond donors (Lipinski definition) is 1. The molecular weight excluding hydrogens is 503 g/mol. The van der Waals surface area contributed by atoms with Crippen LogP contribution in [0.5, 0.6) is 0 Å². The van der Waals surface area contributed by atoms with Crippen LogP contribution in [0.1, 0.15) is 72.6 Å². The quantitative estimate of drug-likeness (QED) is 0.261. The summed E-state index contributed by atoms with van der Waals surface area (Å²) in [6, 6.07) is 11.9. The van der Waals surface area contributed by atoms with E-state index in [9.17, 15) is 14.0 Å². The maximum Gasteiger partial charge on any atom is 0.339 e. The van der Waals surface area contributed by atoms with Gasteiger partial charge in [-0.1, -0.05) is 47.5 Å². The summed E-state index contributed by atoms with van der Waals surface area (Å²) in [5, 5.41) is 3.87. The topological polar surface area (TPSA) is 68.3 Å². The number of nitrogens with zero attached hydrogens (tertiary/aromatic N) is 1. The van der Waals surface area contributed by atoms with Crippen molar-refractivity contribution in [3.05, 3.63) is 87.3 Å². The molecule has 0 saturated heterocycles. The number of halogens is 2. The molecule has 5 rings (SSSR count). The normalized spacial score (nSPS) is 16.7. The van der Waals surface area contributed by atoms with Crippen LogP contribution in [0.25, 0.3) is 22.6 Å². The summed E-state index contributed by atoms with van der Waals surface area (Å²) in [6.07, 6.45) is 9.57. The van der Waals surface area contributed by atoms with Crippen molar-refractivity contribution in [1.29, 1.82) is 0 Å². The van der Waals surface area contributed by atoms with Crippen LogP contribution in [0.2, 0.25) is 5.02 Å². The third kappa shape index (κ3) is 5.51. The molecule has 2 aliphatic carbocycles. The number of aromatic nitrogens is 1. The number of carbonyl (C=O) groups is 2. The Labute approximate surface area is 226 Å². The number of allylic oxidation sites excluding steroid dienone is 2. The minimum absolute atomic E-state index is 0.297. The Morgan fingerprint density at radius 2 is 1.97 bits per heavy atom. The predicted molar refractivity (Wildman–Crippen MR) is 148 cm³/mol. The van der Waals surface area contributed by atoms with Gasteiger partial charge in [-0.05, 0) is 87.3 Å². The molecule has 0 fully saturated rings. The van der Waals surface area contributed by atoms with Gasteiger partial charge in [0.05, 0.1) is 21.8 Å². The van der Waals surface area contributed by atoms with Gasteiger partial charge in [-0.25, -0.2) is 14.2 Å². The van der Waals surface area contributed by atoms with Crippen molar-refractivity contribution in [2.24, 2.45) is 0 Å². The SMILES string of the molecule is CC(OC(=O)c1c2c(nc3ccccc13)C(=Cc1c(F)cccc1Cl)CC2)C(=O)NCCC1=CCCCC1. The number of para-hydroxylation sites is 1. The molecule has 1 amide bonds.